The van der Waals surface area contributed by atoms with Gasteiger partial charge in [-0.3, -0.25) is 9.36 Å². The Morgan fingerprint density at radius 3 is 2.56 bits per heavy atom. The Morgan fingerprint density at radius 1 is 1.56 bits per heavy atom. The second kappa shape index (κ2) is 5.03. The smallest absolute Gasteiger partial charge is 0.406 e. The van der Waals surface area contributed by atoms with E-state index in [0.717, 1.165) is 0 Å². The molecule has 8 nitrogen and oxygen atoms in total. The third kappa shape index (κ3) is 2.58. The number of anilines is 1. The first-order valence-electron chi connectivity index (χ1n) is 5.42. The van der Waals surface area contributed by atoms with Gasteiger partial charge in [0.1, 0.15) is 0 Å². The van der Waals surface area contributed by atoms with Crippen molar-refractivity contribution in [2.24, 2.45) is 13.0 Å². The van der Waals surface area contributed by atoms with E-state index in [2.05, 4.69) is 10.3 Å². The lowest BCUT2D eigenvalue weighted by Gasteiger charge is -2.18. The van der Waals surface area contributed by atoms with E-state index >= 15 is 0 Å². The van der Waals surface area contributed by atoms with E-state index in [1.807, 2.05) is 0 Å². The van der Waals surface area contributed by atoms with Crippen molar-refractivity contribution in [1.82, 2.24) is 9.55 Å². The quantitative estimate of drug-likeness (QED) is 0.604. The van der Waals surface area contributed by atoms with Crippen LogP contribution in [0.2, 0.25) is 0 Å². The van der Waals surface area contributed by atoms with Crippen molar-refractivity contribution in [2.45, 2.75) is 26.8 Å². The highest BCUT2D eigenvalue weighted by atomic mass is 16.6. The Hall–Kier alpha value is -2.12. The lowest BCUT2D eigenvalue weighted by atomic mass is 10.0. The molecule has 0 aliphatic rings. The molecule has 0 amide bonds. The first-order chi connectivity index (χ1) is 8.25. The number of aryl methyl sites for hydroxylation is 1. The van der Waals surface area contributed by atoms with Crippen LogP contribution in [0.15, 0.2) is 0 Å². The van der Waals surface area contributed by atoms with E-state index in [9.17, 15) is 14.9 Å². The third-order valence-corrected chi connectivity index (χ3v) is 2.98. The molecule has 1 rings (SSSR count). The molecular formula is C10H16N4O4. The van der Waals surface area contributed by atoms with Crippen LogP contribution < -0.4 is 5.32 Å². The van der Waals surface area contributed by atoms with Gasteiger partial charge in [0.2, 0.25) is 11.6 Å². The van der Waals surface area contributed by atoms with Crippen molar-refractivity contribution in [3.63, 3.8) is 0 Å². The molecule has 1 aromatic heterocycles. The summed E-state index contributed by atoms with van der Waals surface area (Å²) in [7, 11) is 1.63. The molecule has 0 aliphatic carbocycles. The number of aliphatic carboxylic acids is 1. The van der Waals surface area contributed by atoms with Crippen molar-refractivity contribution in [3.8, 4) is 0 Å². The summed E-state index contributed by atoms with van der Waals surface area (Å²) in [6, 6.07) is -0.448. The maximum Gasteiger partial charge on any atom is 0.406 e. The van der Waals surface area contributed by atoms with E-state index in [-0.39, 0.29) is 11.6 Å². The lowest BCUT2D eigenvalue weighted by molar-refractivity contribution is -0.388. The number of hydrogen-bond acceptors (Lipinski definition) is 5. The van der Waals surface area contributed by atoms with E-state index in [1.54, 1.807) is 20.9 Å². The number of carbonyl (C=O) groups is 1. The van der Waals surface area contributed by atoms with E-state index < -0.39 is 22.9 Å². The van der Waals surface area contributed by atoms with Gasteiger partial charge in [-0.1, -0.05) is 0 Å². The van der Waals surface area contributed by atoms with Crippen LogP contribution in [0, 0.1) is 23.0 Å². The monoisotopic (exact) mass is 256 g/mol. The van der Waals surface area contributed by atoms with Gasteiger partial charge in [-0.25, -0.2) is 0 Å². The summed E-state index contributed by atoms with van der Waals surface area (Å²) >= 11 is 0. The van der Waals surface area contributed by atoms with Crippen LogP contribution >= 0.6 is 0 Å². The number of imidazole rings is 1. The second-order valence-corrected chi connectivity index (χ2v) is 4.21. The molecule has 0 aromatic carbocycles. The number of carboxylic acids is 1. The zero-order chi connectivity index (χ0) is 14.0. The first kappa shape index (κ1) is 13.9. The number of carboxylic acid groups (broad SMARTS) is 1. The van der Waals surface area contributed by atoms with Gasteiger partial charge in [0, 0.05) is 20.0 Å². The fraction of sp³-hybridized carbons (Fsp3) is 0.600. The molecule has 2 atom stereocenters. The molecule has 2 N–H and O–H groups in total. The molecule has 18 heavy (non-hydrogen) atoms. The topological polar surface area (TPSA) is 110 Å². The van der Waals surface area contributed by atoms with Crippen LogP contribution in [-0.2, 0) is 11.8 Å². The molecule has 0 saturated carbocycles. The van der Waals surface area contributed by atoms with Gasteiger partial charge in [0.25, 0.3) is 0 Å². The number of nitro groups is 1. The predicted molar refractivity (Wildman–Crippen MR) is 64.5 cm³/mol. The maximum absolute atomic E-state index is 10.8. The van der Waals surface area contributed by atoms with Crippen LogP contribution in [0.3, 0.4) is 0 Å². The zero-order valence-electron chi connectivity index (χ0n) is 10.7. The molecule has 0 saturated heterocycles. The molecule has 100 valence electrons. The predicted octanol–water partition coefficient (Wildman–Crippen LogP) is 1.16. The normalized spacial score (nSPS) is 14.0. The van der Waals surface area contributed by atoms with Crippen LogP contribution in [0.5, 0.6) is 0 Å². The molecule has 2 unspecified atom stereocenters. The summed E-state index contributed by atoms with van der Waals surface area (Å²) in [4.78, 5) is 24.9. The average Bonchev–Trinajstić information content (AvgIpc) is 2.56. The van der Waals surface area contributed by atoms with Gasteiger partial charge >= 0.3 is 11.8 Å². The van der Waals surface area contributed by atoms with Crippen molar-refractivity contribution in [1.29, 1.82) is 0 Å². The number of nitrogens with one attached hydrogen (secondary N) is 1. The van der Waals surface area contributed by atoms with Crippen molar-refractivity contribution in [2.75, 3.05) is 5.32 Å². The summed E-state index contributed by atoms with van der Waals surface area (Å²) in [5.41, 5.74) is 0. The molecule has 0 spiro atoms. The molecule has 8 heteroatoms. The van der Waals surface area contributed by atoms with Gasteiger partial charge in [-0.15, -0.1) is 0 Å². The maximum atomic E-state index is 10.8. The fourth-order valence-electron chi connectivity index (χ4n) is 1.44. The Morgan fingerprint density at radius 2 is 2.11 bits per heavy atom. The zero-order valence-corrected chi connectivity index (χ0v) is 10.7. The van der Waals surface area contributed by atoms with Gasteiger partial charge in [-0.2, -0.15) is 0 Å². The summed E-state index contributed by atoms with van der Waals surface area (Å²) in [6.45, 7) is 4.84. The van der Waals surface area contributed by atoms with Gasteiger partial charge < -0.3 is 20.5 Å². The minimum atomic E-state index is -0.962. The van der Waals surface area contributed by atoms with Crippen molar-refractivity contribution in [3.05, 3.63) is 15.9 Å². The van der Waals surface area contributed by atoms with Crippen LogP contribution in [0.4, 0.5) is 11.6 Å². The van der Waals surface area contributed by atoms with E-state index in [1.165, 1.54) is 11.5 Å². The minimum Gasteiger partial charge on any atom is -0.481 e. The SMILES string of the molecule is Cc1nc([N+](=O)[O-])c(NC(C)C(C)C(=O)O)n1C. The molecule has 0 aliphatic heterocycles. The van der Waals surface area contributed by atoms with Crippen molar-refractivity contribution < 1.29 is 14.8 Å². The molecule has 1 aromatic rings. The summed E-state index contributed by atoms with van der Waals surface area (Å²) < 4.78 is 1.53. The number of rotatable bonds is 5. The Balaban J connectivity index is 3.03. The minimum absolute atomic E-state index is 0.220. The highest BCUT2D eigenvalue weighted by Crippen LogP contribution is 2.25. The molecule has 0 bridgehead atoms. The Bertz CT molecular complexity index is 482. The van der Waals surface area contributed by atoms with Crippen LogP contribution in [-0.4, -0.2) is 31.6 Å². The van der Waals surface area contributed by atoms with Gasteiger partial charge in [0.05, 0.1) is 5.92 Å². The number of hydrogen-bond donors (Lipinski definition) is 2. The molecule has 0 radical (unpaired) electrons. The molecule has 0 fully saturated rings. The summed E-state index contributed by atoms with van der Waals surface area (Å²) in [5.74, 6) is -1.21. The van der Waals surface area contributed by atoms with E-state index in [0.29, 0.717) is 5.82 Å². The molecular weight excluding hydrogens is 240 g/mol. The fourth-order valence-corrected chi connectivity index (χ4v) is 1.44. The van der Waals surface area contributed by atoms with E-state index in [4.69, 9.17) is 5.11 Å². The van der Waals surface area contributed by atoms with Crippen LogP contribution in [0.25, 0.3) is 0 Å². The largest absolute Gasteiger partial charge is 0.481 e. The third-order valence-electron chi connectivity index (χ3n) is 2.98. The first-order valence-corrected chi connectivity index (χ1v) is 5.42. The lowest BCUT2D eigenvalue weighted by Crippen LogP contribution is -2.30. The highest BCUT2D eigenvalue weighted by Gasteiger charge is 2.27. The summed E-state index contributed by atoms with van der Waals surface area (Å²) in [6.07, 6.45) is 0. The van der Waals surface area contributed by atoms with Gasteiger partial charge in [0.15, 0.2) is 0 Å². The Kier molecular flexibility index (Phi) is 3.89. The van der Waals surface area contributed by atoms with Crippen molar-refractivity contribution >= 4 is 17.6 Å². The summed E-state index contributed by atoms with van der Waals surface area (Å²) in [5, 5.41) is 22.6. The molecule has 1 heterocycles. The highest BCUT2D eigenvalue weighted by molar-refractivity contribution is 5.71. The standard InChI is InChI=1S/C10H16N4O4/c1-5(10(15)16)6(2)11-8-9(14(17)18)12-7(3)13(8)4/h5-6,11H,1-4H3,(H,15,16). The van der Waals surface area contributed by atoms with Crippen LogP contribution in [0.1, 0.15) is 19.7 Å². The number of nitrogens with zero attached hydrogens (tertiary/aromatic N) is 3. The number of aromatic nitrogens is 2. The van der Waals surface area contributed by atoms with Gasteiger partial charge in [-0.05, 0) is 23.8 Å². The second-order valence-electron chi connectivity index (χ2n) is 4.21. The Labute approximate surface area is 104 Å². The average molecular weight is 256 g/mol.